The van der Waals surface area contributed by atoms with Crippen LogP contribution in [0.25, 0.3) is 0 Å². The summed E-state index contributed by atoms with van der Waals surface area (Å²) in [6.45, 7) is 2.20. The predicted molar refractivity (Wildman–Crippen MR) is 79.2 cm³/mol. The fourth-order valence-corrected chi connectivity index (χ4v) is 3.51. The molecule has 1 aliphatic carbocycles. The van der Waals surface area contributed by atoms with Crippen LogP contribution in [-0.4, -0.2) is 16.1 Å². The summed E-state index contributed by atoms with van der Waals surface area (Å²) in [6, 6.07) is 3.81. The number of hydrogen-bond donors (Lipinski definition) is 2. The number of carboxylic acids is 1. The Labute approximate surface area is 120 Å². The number of carbonyl (C=O) groups is 1. The fourth-order valence-electron chi connectivity index (χ4n) is 3.51. The second kappa shape index (κ2) is 6.73. The molecular formula is C16H24N2O2. The third-order valence-corrected chi connectivity index (χ3v) is 4.45. The van der Waals surface area contributed by atoms with Crippen LogP contribution in [0.4, 0.5) is 5.82 Å². The molecule has 2 rings (SSSR count). The minimum atomic E-state index is -0.646. The second-order valence-corrected chi connectivity index (χ2v) is 5.97. The van der Waals surface area contributed by atoms with E-state index in [-0.39, 0.29) is 11.8 Å². The third-order valence-electron chi connectivity index (χ3n) is 4.45. The van der Waals surface area contributed by atoms with Crippen molar-refractivity contribution < 1.29 is 9.90 Å². The first-order valence-electron chi connectivity index (χ1n) is 7.53. The van der Waals surface area contributed by atoms with E-state index in [1.807, 2.05) is 12.1 Å². The minimum Gasteiger partial charge on any atom is -0.481 e. The number of nitrogens with zero attached hydrogens (tertiary/aromatic N) is 1. The molecule has 0 radical (unpaired) electrons. The Hall–Kier alpha value is -1.58. The summed E-state index contributed by atoms with van der Waals surface area (Å²) in [7, 11) is 0. The highest BCUT2D eigenvalue weighted by Gasteiger charge is 2.34. The number of pyridine rings is 1. The van der Waals surface area contributed by atoms with Crippen molar-refractivity contribution >= 4 is 11.8 Å². The number of nitrogen functional groups attached to an aromatic ring is 1. The van der Waals surface area contributed by atoms with E-state index in [0.29, 0.717) is 11.7 Å². The van der Waals surface area contributed by atoms with Crippen molar-refractivity contribution in [2.24, 2.45) is 17.8 Å². The molecule has 1 saturated carbocycles. The molecule has 0 saturated heterocycles. The molecule has 0 bridgehead atoms. The number of rotatable bonds is 5. The number of nitrogens with two attached hydrogens (primary N) is 1. The molecule has 4 heteroatoms. The third kappa shape index (κ3) is 3.71. The first-order valence-corrected chi connectivity index (χ1v) is 7.53. The van der Waals surface area contributed by atoms with Crippen LogP contribution >= 0.6 is 0 Å². The van der Waals surface area contributed by atoms with Crippen molar-refractivity contribution in [1.29, 1.82) is 0 Å². The van der Waals surface area contributed by atoms with Crippen LogP contribution in [0.2, 0.25) is 0 Å². The van der Waals surface area contributed by atoms with Gasteiger partial charge in [-0.1, -0.05) is 19.8 Å². The summed E-state index contributed by atoms with van der Waals surface area (Å²) >= 11 is 0. The normalized spacial score (nSPS) is 26.4. The highest BCUT2D eigenvalue weighted by Crippen LogP contribution is 2.38. The Morgan fingerprint density at radius 2 is 2.30 bits per heavy atom. The van der Waals surface area contributed by atoms with Crippen LogP contribution in [0.15, 0.2) is 18.3 Å². The second-order valence-electron chi connectivity index (χ2n) is 5.97. The zero-order valence-electron chi connectivity index (χ0n) is 12.1. The minimum absolute atomic E-state index is 0.211. The van der Waals surface area contributed by atoms with Gasteiger partial charge in [-0.05, 0) is 55.2 Å². The molecule has 0 aliphatic heterocycles. The molecule has 20 heavy (non-hydrogen) atoms. The number of hydrogen-bond acceptors (Lipinski definition) is 3. The van der Waals surface area contributed by atoms with E-state index < -0.39 is 5.97 Å². The van der Waals surface area contributed by atoms with Crippen LogP contribution in [0.5, 0.6) is 0 Å². The van der Waals surface area contributed by atoms with Gasteiger partial charge in [-0.15, -0.1) is 0 Å². The SMILES string of the molecule is CCCC1CCC(C(=O)O)C(Cc2ccnc(N)c2)C1. The van der Waals surface area contributed by atoms with Gasteiger partial charge in [0.15, 0.2) is 0 Å². The van der Waals surface area contributed by atoms with Crippen LogP contribution in [0.3, 0.4) is 0 Å². The van der Waals surface area contributed by atoms with E-state index in [9.17, 15) is 9.90 Å². The lowest BCUT2D eigenvalue weighted by molar-refractivity contribution is -0.145. The molecule has 3 unspecified atom stereocenters. The Balaban J connectivity index is 2.08. The Bertz CT molecular complexity index is 462. The summed E-state index contributed by atoms with van der Waals surface area (Å²) in [5.74, 6) is 0.555. The Kier molecular flexibility index (Phi) is 4.99. The van der Waals surface area contributed by atoms with Crippen LogP contribution < -0.4 is 5.73 Å². The summed E-state index contributed by atoms with van der Waals surface area (Å²) in [5, 5.41) is 9.42. The molecule has 1 aliphatic rings. The van der Waals surface area contributed by atoms with Crippen molar-refractivity contribution in [2.75, 3.05) is 5.73 Å². The number of aliphatic carboxylic acids is 1. The topological polar surface area (TPSA) is 76.2 Å². The smallest absolute Gasteiger partial charge is 0.306 e. The molecular weight excluding hydrogens is 252 g/mol. The average Bonchev–Trinajstić information content (AvgIpc) is 2.39. The van der Waals surface area contributed by atoms with Crippen LogP contribution in [0.1, 0.15) is 44.6 Å². The fraction of sp³-hybridized carbons (Fsp3) is 0.625. The van der Waals surface area contributed by atoms with Gasteiger partial charge in [0.25, 0.3) is 0 Å². The molecule has 0 aromatic carbocycles. The van der Waals surface area contributed by atoms with Gasteiger partial charge in [-0.3, -0.25) is 4.79 Å². The summed E-state index contributed by atoms with van der Waals surface area (Å²) in [6.07, 6.45) is 7.77. The van der Waals surface area contributed by atoms with Gasteiger partial charge in [-0.25, -0.2) is 4.98 Å². The lowest BCUT2D eigenvalue weighted by Gasteiger charge is -2.34. The van der Waals surface area contributed by atoms with Crippen molar-refractivity contribution in [2.45, 2.75) is 45.4 Å². The van der Waals surface area contributed by atoms with Crippen LogP contribution in [-0.2, 0) is 11.2 Å². The zero-order valence-corrected chi connectivity index (χ0v) is 12.1. The number of anilines is 1. The maximum atomic E-state index is 11.4. The van der Waals surface area contributed by atoms with Crippen molar-refractivity contribution in [3.8, 4) is 0 Å². The zero-order chi connectivity index (χ0) is 14.5. The molecule has 110 valence electrons. The highest BCUT2D eigenvalue weighted by atomic mass is 16.4. The monoisotopic (exact) mass is 276 g/mol. The molecule has 1 heterocycles. The molecule has 3 N–H and O–H groups in total. The predicted octanol–water partition coefficient (Wildman–Crippen LogP) is 3.12. The van der Waals surface area contributed by atoms with E-state index in [2.05, 4.69) is 11.9 Å². The van der Waals surface area contributed by atoms with Gasteiger partial charge >= 0.3 is 5.97 Å². The van der Waals surface area contributed by atoms with Crippen LogP contribution in [0, 0.1) is 17.8 Å². The number of aromatic nitrogens is 1. The van der Waals surface area contributed by atoms with Crippen molar-refractivity contribution in [3.05, 3.63) is 23.9 Å². The first kappa shape index (κ1) is 14.8. The van der Waals surface area contributed by atoms with Gasteiger partial charge in [0.2, 0.25) is 0 Å². The van der Waals surface area contributed by atoms with Gasteiger partial charge in [0.1, 0.15) is 5.82 Å². The van der Waals surface area contributed by atoms with Crippen molar-refractivity contribution in [3.63, 3.8) is 0 Å². The van der Waals surface area contributed by atoms with Gasteiger partial charge in [-0.2, -0.15) is 0 Å². The quantitative estimate of drug-likeness (QED) is 0.866. The maximum Gasteiger partial charge on any atom is 0.306 e. The largest absolute Gasteiger partial charge is 0.481 e. The summed E-state index contributed by atoms with van der Waals surface area (Å²) in [4.78, 5) is 15.4. The molecule has 1 aromatic rings. The lowest BCUT2D eigenvalue weighted by atomic mass is 9.70. The van der Waals surface area contributed by atoms with E-state index in [0.717, 1.165) is 31.2 Å². The van der Waals surface area contributed by atoms with E-state index in [4.69, 9.17) is 5.73 Å². The Morgan fingerprint density at radius 3 is 2.95 bits per heavy atom. The standard InChI is InChI=1S/C16H24N2O2/c1-2-3-11-4-5-14(16(19)20)13(8-11)9-12-6-7-18-15(17)10-12/h6-7,10-11,13-14H,2-5,8-9H2,1H3,(H2,17,18)(H,19,20). The summed E-state index contributed by atoms with van der Waals surface area (Å²) < 4.78 is 0. The van der Waals surface area contributed by atoms with E-state index in [1.54, 1.807) is 6.20 Å². The highest BCUT2D eigenvalue weighted by molar-refractivity contribution is 5.70. The number of carboxylic acid groups (broad SMARTS) is 1. The van der Waals surface area contributed by atoms with Gasteiger partial charge in [0.05, 0.1) is 5.92 Å². The molecule has 0 amide bonds. The molecule has 0 spiro atoms. The van der Waals surface area contributed by atoms with Gasteiger partial charge < -0.3 is 10.8 Å². The van der Waals surface area contributed by atoms with E-state index >= 15 is 0 Å². The van der Waals surface area contributed by atoms with E-state index in [1.165, 1.54) is 12.8 Å². The lowest BCUT2D eigenvalue weighted by Crippen LogP contribution is -2.32. The molecule has 3 atom stereocenters. The molecule has 1 fully saturated rings. The average molecular weight is 276 g/mol. The molecule has 1 aromatic heterocycles. The first-order chi connectivity index (χ1) is 9.60. The van der Waals surface area contributed by atoms with Crippen molar-refractivity contribution in [1.82, 2.24) is 4.98 Å². The Morgan fingerprint density at radius 1 is 1.50 bits per heavy atom. The molecule has 4 nitrogen and oxygen atoms in total. The summed E-state index contributed by atoms with van der Waals surface area (Å²) in [5.41, 5.74) is 6.81. The maximum absolute atomic E-state index is 11.4. The van der Waals surface area contributed by atoms with Gasteiger partial charge in [0, 0.05) is 6.20 Å².